The molecular weight excluding hydrogens is 108 g/mol. The molecule has 0 heterocycles. The average Bonchev–Trinajstić information content (AvgIpc) is 2.57. The van der Waals surface area contributed by atoms with Crippen molar-refractivity contribution in [3.8, 4) is 0 Å². The summed E-state index contributed by atoms with van der Waals surface area (Å²) in [5, 5.41) is 0. The lowest BCUT2D eigenvalue weighted by Crippen LogP contribution is -2.11. The van der Waals surface area contributed by atoms with Gasteiger partial charge in [0.2, 0.25) is 0 Å². The van der Waals surface area contributed by atoms with E-state index in [1.807, 2.05) is 11.1 Å². The molecule has 3 saturated carbocycles. The molecule has 0 amide bonds. The molecule has 0 N–H and O–H groups in total. The third-order valence-corrected chi connectivity index (χ3v) is 3.27. The first kappa shape index (κ1) is 4.54. The Balaban J connectivity index is 1.94. The van der Waals surface area contributed by atoms with E-state index in [4.69, 9.17) is 0 Å². The molecule has 3 aliphatic rings. The number of hydrogen-bond acceptors (Lipinski definition) is 0. The summed E-state index contributed by atoms with van der Waals surface area (Å²) in [6, 6.07) is 0. The minimum atomic E-state index is 0.853. The van der Waals surface area contributed by atoms with Gasteiger partial charge in [-0.25, -0.2) is 0 Å². The van der Waals surface area contributed by atoms with Crippen LogP contribution in [0.5, 0.6) is 0 Å². The molecule has 1 spiro atoms. The van der Waals surface area contributed by atoms with Gasteiger partial charge in [-0.1, -0.05) is 17.6 Å². The zero-order valence-electron chi connectivity index (χ0n) is 5.74. The van der Waals surface area contributed by atoms with E-state index in [2.05, 4.69) is 0 Å². The smallest absolute Gasteiger partial charge is 0.00476 e. The first-order valence-electron chi connectivity index (χ1n) is 4.12. The third kappa shape index (κ3) is 0.452. The van der Waals surface area contributed by atoms with E-state index in [-0.39, 0.29) is 0 Å². The Morgan fingerprint density at radius 2 is 1.89 bits per heavy atom. The van der Waals surface area contributed by atoms with E-state index in [1.54, 1.807) is 0 Å². The van der Waals surface area contributed by atoms with Crippen LogP contribution < -0.4 is 0 Å². The summed E-state index contributed by atoms with van der Waals surface area (Å²) >= 11 is 0. The molecule has 0 nitrogen and oxygen atoms in total. The van der Waals surface area contributed by atoms with Crippen molar-refractivity contribution in [3.63, 3.8) is 0 Å². The van der Waals surface area contributed by atoms with Gasteiger partial charge in [0.15, 0.2) is 0 Å². The van der Waals surface area contributed by atoms with E-state index in [9.17, 15) is 0 Å². The van der Waals surface area contributed by atoms with Crippen LogP contribution in [0, 0.1) is 5.41 Å². The van der Waals surface area contributed by atoms with E-state index in [0.717, 1.165) is 5.41 Å². The fourth-order valence-electron chi connectivity index (χ4n) is 2.24. The molecule has 0 aliphatic heterocycles. The second-order valence-electron chi connectivity index (χ2n) is 3.89. The summed E-state index contributed by atoms with van der Waals surface area (Å²) in [5.41, 5.74) is 4.59. The fourth-order valence-corrected chi connectivity index (χ4v) is 2.24. The van der Waals surface area contributed by atoms with Crippen molar-refractivity contribution >= 4 is 0 Å². The molecule has 0 aromatic rings. The summed E-state index contributed by atoms with van der Waals surface area (Å²) in [7, 11) is 0. The maximum absolute atomic E-state index is 1.90. The summed E-state index contributed by atoms with van der Waals surface area (Å²) in [6.07, 6.45) is 8.99. The summed E-state index contributed by atoms with van der Waals surface area (Å²) in [5.74, 6) is 0. The van der Waals surface area contributed by atoms with Crippen LogP contribution in [-0.4, -0.2) is 0 Å². The molecule has 3 rings (SSSR count). The van der Waals surface area contributed by atoms with Crippen molar-refractivity contribution in [2.24, 2.45) is 5.41 Å². The summed E-state index contributed by atoms with van der Waals surface area (Å²) in [4.78, 5) is 0. The van der Waals surface area contributed by atoms with Crippen LogP contribution >= 0.6 is 0 Å². The van der Waals surface area contributed by atoms with Crippen molar-refractivity contribution < 1.29 is 0 Å². The standard InChI is InChI=1S/C9H12/c1-4-9(5-1)6-8(9)7-2-3-7/h1-6H2. The predicted molar refractivity (Wildman–Crippen MR) is 37.2 cm³/mol. The third-order valence-electron chi connectivity index (χ3n) is 3.27. The topological polar surface area (TPSA) is 0 Å². The van der Waals surface area contributed by atoms with Gasteiger partial charge in [-0.2, -0.15) is 0 Å². The van der Waals surface area contributed by atoms with Crippen molar-refractivity contribution in [2.75, 3.05) is 0 Å². The van der Waals surface area contributed by atoms with Crippen LogP contribution in [0.3, 0.4) is 0 Å². The number of allylic oxidation sites excluding steroid dienone is 2. The van der Waals surface area contributed by atoms with Crippen LogP contribution in [0.25, 0.3) is 0 Å². The SMILES string of the molecule is C1CC2(C1)CC2=C1CC1. The molecule has 0 radical (unpaired) electrons. The molecule has 0 aromatic carbocycles. The van der Waals surface area contributed by atoms with Crippen LogP contribution in [0.1, 0.15) is 38.5 Å². The Hall–Kier alpha value is -0.260. The monoisotopic (exact) mass is 120 g/mol. The lowest BCUT2D eigenvalue weighted by Gasteiger charge is -2.24. The molecule has 3 aliphatic carbocycles. The van der Waals surface area contributed by atoms with Crippen LogP contribution in [0.4, 0.5) is 0 Å². The van der Waals surface area contributed by atoms with Gasteiger partial charge >= 0.3 is 0 Å². The van der Waals surface area contributed by atoms with E-state index in [0.29, 0.717) is 0 Å². The van der Waals surface area contributed by atoms with Crippen molar-refractivity contribution in [1.82, 2.24) is 0 Å². The lowest BCUT2D eigenvalue weighted by molar-refractivity contribution is 0.308. The molecular formula is C9H12. The minimum absolute atomic E-state index is 0.853. The van der Waals surface area contributed by atoms with Gasteiger partial charge in [-0.15, -0.1) is 0 Å². The Morgan fingerprint density at radius 3 is 2.22 bits per heavy atom. The molecule has 0 atom stereocenters. The molecule has 0 aromatic heterocycles. The quantitative estimate of drug-likeness (QED) is 0.431. The lowest BCUT2D eigenvalue weighted by atomic mass is 9.81. The Bertz CT molecular complexity index is 188. The Morgan fingerprint density at radius 1 is 1.11 bits per heavy atom. The second-order valence-corrected chi connectivity index (χ2v) is 3.89. The van der Waals surface area contributed by atoms with Crippen LogP contribution in [0.15, 0.2) is 11.1 Å². The molecule has 0 bridgehead atoms. The van der Waals surface area contributed by atoms with Crippen molar-refractivity contribution in [3.05, 3.63) is 11.1 Å². The molecule has 9 heavy (non-hydrogen) atoms. The van der Waals surface area contributed by atoms with E-state index >= 15 is 0 Å². The molecule has 0 unspecified atom stereocenters. The van der Waals surface area contributed by atoms with Gasteiger partial charge in [-0.3, -0.25) is 0 Å². The molecule has 0 saturated heterocycles. The fraction of sp³-hybridized carbons (Fsp3) is 0.778. The maximum Gasteiger partial charge on any atom is -0.00476 e. The zero-order valence-corrected chi connectivity index (χ0v) is 5.74. The first-order chi connectivity index (χ1) is 4.41. The Labute approximate surface area is 56.0 Å². The summed E-state index contributed by atoms with van der Waals surface area (Å²) in [6.45, 7) is 0. The number of hydrogen-bond donors (Lipinski definition) is 0. The van der Waals surface area contributed by atoms with Crippen LogP contribution in [0.2, 0.25) is 0 Å². The first-order valence-corrected chi connectivity index (χ1v) is 4.12. The maximum atomic E-state index is 1.90. The van der Waals surface area contributed by atoms with Crippen LogP contribution in [-0.2, 0) is 0 Å². The van der Waals surface area contributed by atoms with Crippen molar-refractivity contribution in [2.45, 2.75) is 38.5 Å². The molecule has 3 fully saturated rings. The van der Waals surface area contributed by atoms with Gasteiger partial charge < -0.3 is 0 Å². The highest BCUT2D eigenvalue weighted by atomic mass is 14.6. The highest BCUT2D eigenvalue weighted by molar-refractivity contribution is 5.44. The second kappa shape index (κ2) is 1.12. The largest absolute Gasteiger partial charge is 0.0698 e. The predicted octanol–water partition coefficient (Wildman–Crippen LogP) is 2.65. The minimum Gasteiger partial charge on any atom is -0.0698 e. The van der Waals surface area contributed by atoms with E-state index < -0.39 is 0 Å². The normalized spacial score (nSPS) is 34.7. The highest BCUT2D eigenvalue weighted by Gasteiger charge is 2.54. The zero-order chi connectivity index (χ0) is 5.90. The van der Waals surface area contributed by atoms with Gasteiger partial charge in [-0.05, 0) is 37.5 Å². The molecule has 48 valence electrons. The van der Waals surface area contributed by atoms with Crippen molar-refractivity contribution in [1.29, 1.82) is 0 Å². The highest BCUT2D eigenvalue weighted by Crippen LogP contribution is 2.68. The van der Waals surface area contributed by atoms with E-state index in [1.165, 1.54) is 38.5 Å². The number of rotatable bonds is 0. The van der Waals surface area contributed by atoms with Gasteiger partial charge in [0, 0.05) is 0 Å². The Kier molecular flexibility index (Phi) is 0.564. The molecule has 0 heteroatoms. The summed E-state index contributed by atoms with van der Waals surface area (Å²) < 4.78 is 0. The van der Waals surface area contributed by atoms with Gasteiger partial charge in [0.25, 0.3) is 0 Å². The van der Waals surface area contributed by atoms with Gasteiger partial charge in [0.05, 0.1) is 0 Å². The average molecular weight is 120 g/mol. The van der Waals surface area contributed by atoms with Gasteiger partial charge in [0.1, 0.15) is 0 Å².